The molecule has 19 heavy (non-hydrogen) atoms. The van der Waals surface area contributed by atoms with Crippen molar-refractivity contribution in [1.29, 1.82) is 0 Å². The molecule has 0 bridgehead atoms. The molecule has 0 aromatic carbocycles. The number of anilines is 1. The molecule has 0 amide bonds. The average molecular weight is 280 g/mol. The van der Waals surface area contributed by atoms with E-state index in [2.05, 4.69) is 21.8 Å². The Morgan fingerprint density at radius 2 is 2.37 bits per heavy atom. The highest BCUT2D eigenvalue weighted by molar-refractivity contribution is 7.80. The molecule has 6 heteroatoms. The SMILES string of the molecule is COCCN(c1nccc(C(N)=S)n1)C(C)C1CC1. The molecule has 1 fully saturated rings. The maximum absolute atomic E-state index is 5.63. The van der Waals surface area contributed by atoms with Crippen LogP contribution in [-0.2, 0) is 4.74 Å². The van der Waals surface area contributed by atoms with Crippen molar-refractivity contribution >= 4 is 23.2 Å². The van der Waals surface area contributed by atoms with Crippen molar-refractivity contribution in [3.05, 3.63) is 18.0 Å². The number of nitrogens with zero attached hydrogens (tertiary/aromatic N) is 3. The van der Waals surface area contributed by atoms with Gasteiger partial charge in [0.25, 0.3) is 0 Å². The Kier molecular flexibility index (Phi) is 4.66. The van der Waals surface area contributed by atoms with Gasteiger partial charge in [-0.05, 0) is 31.7 Å². The van der Waals surface area contributed by atoms with Gasteiger partial charge in [-0.15, -0.1) is 0 Å². The topological polar surface area (TPSA) is 64.3 Å². The van der Waals surface area contributed by atoms with Gasteiger partial charge in [0.05, 0.1) is 6.61 Å². The third-order valence-electron chi connectivity index (χ3n) is 3.48. The Bertz CT molecular complexity index is 450. The Morgan fingerprint density at radius 3 is 2.95 bits per heavy atom. The predicted octanol–water partition coefficient (Wildman–Crippen LogP) is 1.36. The van der Waals surface area contributed by atoms with E-state index in [9.17, 15) is 0 Å². The largest absolute Gasteiger partial charge is 0.388 e. The molecule has 104 valence electrons. The van der Waals surface area contributed by atoms with E-state index in [1.54, 1.807) is 19.4 Å². The van der Waals surface area contributed by atoms with E-state index in [1.807, 2.05) is 0 Å². The molecule has 1 heterocycles. The van der Waals surface area contributed by atoms with Crippen LogP contribution in [0.5, 0.6) is 0 Å². The maximum Gasteiger partial charge on any atom is 0.226 e. The van der Waals surface area contributed by atoms with E-state index >= 15 is 0 Å². The predicted molar refractivity (Wildman–Crippen MR) is 79.3 cm³/mol. The first kappa shape index (κ1) is 14.1. The summed E-state index contributed by atoms with van der Waals surface area (Å²) in [6.07, 6.45) is 4.26. The van der Waals surface area contributed by atoms with E-state index in [0.717, 1.165) is 12.5 Å². The molecular weight excluding hydrogens is 260 g/mol. The summed E-state index contributed by atoms with van der Waals surface area (Å²) in [5, 5.41) is 0. The van der Waals surface area contributed by atoms with Crippen LogP contribution in [0.3, 0.4) is 0 Å². The van der Waals surface area contributed by atoms with E-state index in [-0.39, 0.29) is 0 Å². The molecule has 5 nitrogen and oxygen atoms in total. The van der Waals surface area contributed by atoms with Gasteiger partial charge in [-0.1, -0.05) is 12.2 Å². The summed E-state index contributed by atoms with van der Waals surface area (Å²) < 4.78 is 5.17. The summed E-state index contributed by atoms with van der Waals surface area (Å²) >= 11 is 4.97. The van der Waals surface area contributed by atoms with Crippen LogP contribution in [0.15, 0.2) is 12.3 Å². The van der Waals surface area contributed by atoms with E-state index in [0.29, 0.717) is 29.3 Å². The number of hydrogen-bond donors (Lipinski definition) is 1. The standard InChI is InChI=1S/C13H20N4OS/c1-9(10-3-4-10)17(7-8-18-2)13-15-6-5-11(16-13)12(14)19/h5-6,9-10H,3-4,7-8H2,1-2H3,(H2,14,19). The Labute approximate surface area is 119 Å². The van der Waals surface area contributed by atoms with Gasteiger partial charge >= 0.3 is 0 Å². The number of methoxy groups -OCH3 is 1. The van der Waals surface area contributed by atoms with Crippen LogP contribution < -0.4 is 10.6 Å². The minimum Gasteiger partial charge on any atom is -0.388 e. The van der Waals surface area contributed by atoms with Crippen molar-refractivity contribution in [3.63, 3.8) is 0 Å². The smallest absolute Gasteiger partial charge is 0.226 e. The second-order valence-corrected chi connectivity index (χ2v) is 5.31. The third-order valence-corrected chi connectivity index (χ3v) is 3.69. The fourth-order valence-electron chi connectivity index (χ4n) is 2.13. The minimum atomic E-state index is 0.300. The lowest BCUT2D eigenvalue weighted by Gasteiger charge is -2.29. The monoisotopic (exact) mass is 280 g/mol. The zero-order chi connectivity index (χ0) is 13.8. The second kappa shape index (κ2) is 6.25. The lowest BCUT2D eigenvalue weighted by atomic mass is 10.2. The molecule has 1 aliphatic rings. The van der Waals surface area contributed by atoms with E-state index < -0.39 is 0 Å². The van der Waals surface area contributed by atoms with Crippen LogP contribution in [-0.4, -0.2) is 41.3 Å². The van der Waals surface area contributed by atoms with Crippen molar-refractivity contribution < 1.29 is 4.74 Å². The molecule has 1 atom stereocenters. The van der Waals surface area contributed by atoms with Gasteiger partial charge in [-0.25, -0.2) is 9.97 Å². The molecule has 0 radical (unpaired) electrons. The Hall–Kier alpha value is -1.27. The maximum atomic E-state index is 5.63. The van der Waals surface area contributed by atoms with Gasteiger partial charge in [-0.3, -0.25) is 0 Å². The van der Waals surface area contributed by atoms with Gasteiger partial charge in [0.1, 0.15) is 10.7 Å². The summed E-state index contributed by atoms with van der Waals surface area (Å²) in [5.74, 6) is 1.41. The van der Waals surface area contributed by atoms with Gasteiger partial charge in [0.2, 0.25) is 5.95 Å². The van der Waals surface area contributed by atoms with Crippen LogP contribution in [0.4, 0.5) is 5.95 Å². The molecule has 0 spiro atoms. The third kappa shape index (κ3) is 3.61. The molecule has 1 unspecified atom stereocenters. The van der Waals surface area contributed by atoms with Crippen molar-refractivity contribution in [2.75, 3.05) is 25.2 Å². The lowest BCUT2D eigenvalue weighted by Crippen LogP contribution is -2.38. The molecule has 1 aliphatic carbocycles. The summed E-state index contributed by atoms with van der Waals surface area (Å²) in [7, 11) is 1.70. The lowest BCUT2D eigenvalue weighted by molar-refractivity contribution is 0.202. The molecule has 0 saturated heterocycles. The first-order valence-electron chi connectivity index (χ1n) is 6.52. The van der Waals surface area contributed by atoms with Crippen molar-refractivity contribution in [2.45, 2.75) is 25.8 Å². The van der Waals surface area contributed by atoms with Crippen molar-refractivity contribution in [2.24, 2.45) is 11.7 Å². The second-order valence-electron chi connectivity index (χ2n) is 4.87. The number of aromatic nitrogens is 2. The van der Waals surface area contributed by atoms with Crippen LogP contribution in [0.2, 0.25) is 0 Å². The van der Waals surface area contributed by atoms with Gasteiger partial charge < -0.3 is 15.4 Å². The number of thiocarbonyl (C=S) groups is 1. The average Bonchev–Trinajstić information content (AvgIpc) is 3.23. The zero-order valence-corrected chi connectivity index (χ0v) is 12.2. The highest BCUT2D eigenvalue weighted by Crippen LogP contribution is 2.36. The Morgan fingerprint density at radius 1 is 1.63 bits per heavy atom. The molecule has 1 aromatic rings. The van der Waals surface area contributed by atoms with Gasteiger partial charge in [0.15, 0.2) is 0 Å². The highest BCUT2D eigenvalue weighted by Gasteiger charge is 2.33. The minimum absolute atomic E-state index is 0.300. The fraction of sp³-hybridized carbons (Fsp3) is 0.615. The fourth-order valence-corrected chi connectivity index (χ4v) is 2.25. The van der Waals surface area contributed by atoms with Crippen molar-refractivity contribution in [3.8, 4) is 0 Å². The van der Waals surface area contributed by atoms with Gasteiger partial charge in [0, 0.05) is 25.9 Å². The number of ether oxygens (including phenoxy) is 1. The van der Waals surface area contributed by atoms with Crippen LogP contribution in [0.25, 0.3) is 0 Å². The molecule has 2 rings (SSSR count). The normalized spacial score (nSPS) is 16.1. The molecule has 2 N–H and O–H groups in total. The first-order valence-corrected chi connectivity index (χ1v) is 6.92. The number of nitrogens with two attached hydrogens (primary N) is 1. The van der Waals surface area contributed by atoms with Crippen LogP contribution >= 0.6 is 12.2 Å². The van der Waals surface area contributed by atoms with Crippen LogP contribution in [0, 0.1) is 5.92 Å². The van der Waals surface area contributed by atoms with Gasteiger partial charge in [-0.2, -0.15) is 0 Å². The summed E-state index contributed by atoms with van der Waals surface area (Å²) in [6.45, 7) is 3.64. The molecule has 1 aromatic heterocycles. The summed E-state index contributed by atoms with van der Waals surface area (Å²) in [6, 6.07) is 2.15. The Balaban J connectivity index is 2.20. The van der Waals surface area contributed by atoms with E-state index in [4.69, 9.17) is 22.7 Å². The molecule has 1 saturated carbocycles. The van der Waals surface area contributed by atoms with E-state index in [1.165, 1.54) is 12.8 Å². The zero-order valence-electron chi connectivity index (χ0n) is 11.4. The molecular formula is C13H20N4OS. The highest BCUT2D eigenvalue weighted by atomic mass is 32.1. The quantitative estimate of drug-likeness (QED) is 0.761. The summed E-state index contributed by atoms with van der Waals surface area (Å²) in [5.41, 5.74) is 6.25. The van der Waals surface area contributed by atoms with Crippen LogP contribution in [0.1, 0.15) is 25.5 Å². The first-order chi connectivity index (χ1) is 9.13. The van der Waals surface area contributed by atoms with Crippen molar-refractivity contribution in [1.82, 2.24) is 9.97 Å². The molecule has 0 aliphatic heterocycles. The number of hydrogen-bond acceptors (Lipinski definition) is 5. The number of rotatable bonds is 7. The summed E-state index contributed by atoms with van der Waals surface area (Å²) in [4.78, 5) is 11.3.